The van der Waals surface area contributed by atoms with E-state index in [-0.39, 0.29) is 6.10 Å². The first-order valence-corrected chi connectivity index (χ1v) is 4.78. The summed E-state index contributed by atoms with van der Waals surface area (Å²) in [6.07, 6.45) is 7.53. The highest BCUT2D eigenvalue weighted by Gasteiger charge is 2.01. The monoisotopic (exact) mass is 157 g/mol. The number of aliphatic hydroxyl groups excluding tert-OH is 1. The van der Waals surface area contributed by atoms with Crippen LogP contribution in [-0.4, -0.2) is 11.2 Å². The van der Waals surface area contributed by atoms with Crippen molar-refractivity contribution >= 4 is 0 Å². The topological polar surface area (TPSA) is 20.2 Å². The van der Waals surface area contributed by atoms with Crippen molar-refractivity contribution in [3.8, 4) is 0 Å². The lowest BCUT2D eigenvalue weighted by molar-refractivity contribution is 0.148. The van der Waals surface area contributed by atoms with E-state index in [1.54, 1.807) is 0 Å². The molecule has 67 valence electrons. The lowest BCUT2D eigenvalue weighted by atomic mass is 10.1. The minimum Gasteiger partial charge on any atom is -0.393 e. The third-order valence-electron chi connectivity index (χ3n) is 1.93. The fraction of sp³-hybridized carbons (Fsp3) is 0.900. The first-order chi connectivity index (χ1) is 5.31. The molecule has 1 radical (unpaired) electrons. The van der Waals surface area contributed by atoms with Gasteiger partial charge >= 0.3 is 0 Å². The predicted molar refractivity (Wildman–Crippen MR) is 49.4 cm³/mol. The van der Waals surface area contributed by atoms with Crippen LogP contribution in [0, 0.1) is 6.92 Å². The van der Waals surface area contributed by atoms with Crippen LogP contribution in [0.1, 0.15) is 51.9 Å². The molecule has 0 amide bonds. The third kappa shape index (κ3) is 7.86. The zero-order valence-corrected chi connectivity index (χ0v) is 7.68. The summed E-state index contributed by atoms with van der Waals surface area (Å²) < 4.78 is 0. The summed E-state index contributed by atoms with van der Waals surface area (Å²) in [7, 11) is 0. The molecule has 0 aliphatic rings. The van der Waals surface area contributed by atoms with Crippen molar-refractivity contribution in [1.82, 2.24) is 0 Å². The fourth-order valence-electron chi connectivity index (χ4n) is 1.15. The van der Waals surface area contributed by atoms with Gasteiger partial charge in [0.15, 0.2) is 0 Å². The summed E-state index contributed by atoms with van der Waals surface area (Å²) in [6, 6.07) is 0. The van der Waals surface area contributed by atoms with E-state index >= 15 is 0 Å². The molecule has 0 saturated carbocycles. The van der Waals surface area contributed by atoms with Crippen LogP contribution in [0.25, 0.3) is 0 Å². The van der Waals surface area contributed by atoms with E-state index in [0.29, 0.717) is 0 Å². The van der Waals surface area contributed by atoms with Crippen LogP contribution >= 0.6 is 0 Å². The molecule has 11 heavy (non-hydrogen) atoms. The van der Waals surface area contributed by atoms with E-state index in [2.05, 4.69) is 13.8 Å². The number of hydrogen-bond donors (Lipinski definition) is 1. The molecule has 0 aliphatic carbocycles. The van der Waals surface area contributed by atoms with Gasteiger partial charge in [-0.25, -0.2) is 0 Å². The van der Waals surface area contributed by atoms with Crippen LogP contribution < -0.4 is 0 Å². The second-order valence-corrected chi connectivity index (χ2v) is 3.15. The lowest BCUT2D eigenvalue weighted by Crippen LogP contribution is -2.05. The molecule has 0 spiro atoms. The summed E-state index contributed by atoms with van der Waals surface area (Å²) in [5.74, 6) is 0. The Labute approximate surface area is 70.8 Å². The van der Waals surface area contributed by atoms with Crippen LogP contribution in [0.4, 0.5) is 0 Å². The number of hydrogen-bond acceptors (Lipinski definition) is 1. The Kier molecular flexibility index (Phi) is 8.03. The molecular formula is C10H21O. The summed E-state index contributed by atoms with van der Waals surface area (Å²) in [5.41, 5.74) is 0. The largest absolute Gasteiger partial charge is 0.393 e. The third-order valence-corrected chi connectivity index (χ3v) is 1.93. The van der Waals surface area contributed by atoms with Crippen molar-refractivity contribution in [2.75, 3.05) is 0 Å². The summed E-state index contributed by atoms with van der Waals surface area (Å²) >= 11 is 0. The van der Waals surface area contributed by atoms with Gasteiger partial charge in [-0.3, -0.25) is 0 Å². The summed E-state index contributed by atoms with van der Waals surface area (Å²) in [5, 5.41) is 9.38. The van der Waals surface area contributed by atoms with E-state index in [9.17, 15) is 5.11 Å². The Hall–Kier alpha value is -0.0400. The lowest BCUT2D eigenvalue weighted by Gasteiger charge is -2.08. The van der Waals surface area contributed by atoms with Crippen molar-refractivity contribution < 1.29 is 5.11 Å². The minimum absolute atomic E-state index is 0.0664. The quantitative estimate of drug-likeness (QED) is 0.563. The van der Waals surface area contributed by atoms with Gasteiger partial charge in [0, 0.05) is 0 Å². The van der Waals surface area contributed by atoms with E-state index in [1.807, 2.05) is 0 Å². The van der Waals surface area contributed by atoms with Gasteiger partial charge in [-0.05, 0) is 12.8 Å². The average Bonchev–Trinajstić information content (AvgIpc) is 2.01. The number of unbranched alkanes of at least 4 members (excludes halogenated alkanes) is 3. The SMILES string of the molecule is [CH2]CCCC(O)CCCCC. The van der Waals surface area contributed by atoms with Gasteiger partial charge in [0.1, 0.15) is 0 Å². The van der Waals surface area contributed by atoms with Crippen molar-refractivity contribution in [3.05, 3.63) is 6.92 Å². The molecule has 1 heteroatoms. The van der Waals surface area contributed by atoms with E-state index in [4.69, 9.17) is 0 Å². The van der Waals surface area contributed by atoms with Crippen LogP contribution in [0.3, 0.4) is 0 Å². The second-order valence-electron chi connectivity index (χ2n) is 3.15. The first kappa shape index (κ1) is 11.0. The Morgan fingerprint density at radius 3 is 2.36 bits per heavy atom. The van der Waals surface area contributed by atoms with Crippen molar-refractivity contribution in [2.24, 2.45) is 0 Å². The predicted octanol–water partition coefficient (Wildman–Crippen LogP) is 2.93. The van der Waals surface area contributed by atoms with Crippen LogP contribution in [-0.2, 0) is 0 Å². The molecule has 1 unspecified atom stereocenters. The maximum Gasteiger partial charge on any atom is 0.0540 e. The maximum atomic E-state index is 9.38. The highest BCUT2D eigenvalue weighted by Crippen LogP contribution is 2.08. The van der Waals surface area contributed by atoms with Crippen LogP contribution in [0.2, 0.25) is 0 Å². The van der Waals surface area contributed by atoms with E-state index in [0.717, 1.165) is 25.7 Å². The second kappa shape index (κ2) is 8.06. The molecular weight excluding hydrogens is 136 g/mol. The molecule has 0 aromatic heterocycles. The van der Waals surface area contributed by atoms with Crippen molar-refractivity contribution in [1.29, 1.82) is 0 Å². The summed E-state index contributed by atoms with van der Waals surface area (Å²) in [6.45, 7) is 5.93. The van der Waals surface area contributed by atoms with Gasteiger partial charge < -0.3 is 5.11 Å². The molecule has 1 atom stereocenters. The van der Waals surface area contributed by atoms with Gasteiger partial charge in [0.25, 0.3) is 0 Å². The molecule has 0 heterocycles. The highest BCUT2D eigenvalue weighted by atomic mass is 16.3. The smallest absolute Gasteiger partial charge is 0.0540 e. The molecule has 0 aliphatic heterocycles. The van der Waals surface area contributed by atoms with Crippen LogP contribution in [0.15, 0.2) is 0 Å². The molecule has 0 fully saturated rings. The van der Waals surface area contributed by atoms with Gasteiger partial charge in [-0.15, -0.1) is 0 Å². The average molecular weight is 157 g/mol. The Morgan fingerprint density at radius 2 is 1.82 bits per heavy atom. The van der Waals surface area contributed by atoms with Gasteiger partial charge in [0.2, 0.25) is 0 Å². The first-order valence-electron chi connectivity index (χ1n) is 4.78. The normalized spacial score (nSPS) is 13.4. The zero-order valence-electron chi connectivity index (χ0n) is 7.68. The molecule has 1 N–H and O–H groups in total. The molecule has 0 saturated heterocycles. The Bertz CT molecular complexity index is 71.3. The van der Waals surface area contributed by atoms with Crippen LogP contribution in [0.5, 0.6) is 0 Å². The van der Waals surface area contributed by atoms with E-state index < -0.39 is 0 Å². The molecule has 1 nitrogen and oxygen atoms in total. The molecule has 0 rings (SSSR count). The maximum absolute atomic E-state index is 9.38. The molecule has 0 aromatic carbocycles. The fourth-order valence-corrected chi connectivity index (χ4v) is 1.15. The van der Waals surface area contributed by atoms with E-state index in [1.165, 1.54) is 19.3 Å². The molecule has 0 aromatic rings. The van der Waals surface area contributed by atoms with Crippen molar-refractivity contribution in [2.45, 2.75) is 58.0 Å². The summed E-state index contributed by atoms with van der Waals surface area (Å²) in [4.78, 5) is 0. The highest BCUT2D eigenvalue weighted by molar-refractivity contribution is 4.56. The number of aliphatic hydroxyl groups is 1. The van der Waals surface area contributed by atoms with Gasteiger partial charge in [-0.1, -0.05) is 46.0 Å². The Morgan fingerprint density at radius 1 is 1.18 bits per heavy atom. The standard InChI is InChI=1S/C10H21O/c1-3-5-7-9-10(11)8-6-4-2/h10-11H,2-9H2,1H3. The minimum atomic E-state index is -0.0664. The number of rotatable bonds is 7. The molecule has 0 bridgehead atoms. The van der Waals surface area contributed by atoms with Crippen molar-refractivity contribution in [3.63, 3.8) is 0 Å². The van der Waals surface area contributed by atoms with Gasteiger partial charge in [-0.2, -0.15) is 0 Å². The Balaban J connectivity index is 3.02. The van der Waals surface area contributed by atoms with Gasteiger partial charge in [0.05, 0.1) is 6.10 Å². The zero-order chi connectivity index (χ0) is 8.53.